The number of benzene rings is 2. The Balaban J connectivity index is 2.21. The molecule has 0 fully saturated rings. The molecule has 1 unspecified atom stereocenters. The maximum absolute atomic E-state index is 12.6. The van der Waals surface area contributed by atoms with Gasteiger partial charge in [-0.15, -0.1) is 0 Å². The predicted octanol–water partition coefficient (Wildman–Crippen LogP) is 2.54. The minimum atomic E-state index is -1.38. The van der Waals surface area contributed by atoms with Gasteiger partial charge in [0.2, 0.25) is 0 Å². The van der Waals surface area contributed by atoms with Crippen molar-refractivity contribution < 1.29 is 38.1 Å². The van der Waals surface area contributed by atoms with Crippen molar-refractivity contribution in [3.05, 3.63) is 46.9 Å². The van der Waals surface area contributed by atoms with Crippen LogP contribution in [0.2, 0.25) is 0 Å². The van der Waals surface area contributed by atoms with Crippen LogP contribution in [-0.2, 0) is 21.7 Å². The van der Waals surface area contributed by atoms with Gasteiger partial charge in [-0.25, -0.2) is 4.79 Å². The van der Waals surface area contributed by atoms with Gasteiger partial charge in [0.25, 0.3) is 0 Å². The van der Waals surface area contributed by atoms with Crippen molar-refractivity contribution in [2.45, 2.75) is 5.75 Å². The summed E-state index contributed by atoms with van der Waals surface area (Å²) in [7, 11) is 6.02. The van der Waals surface area contributed by atoms with E-state index in [-0.39, 0.29) is 11.5 Å². The van der Waals surface area contributed by atoms with Crippen LogP contribution < -0.4 is 23.7 Å². The first-order chi connectivity index (χ1) is 14.4. The lowest BCUT2D eigenvalue weighted by Crippen LogP contribution is -2.13. The molecule has 0 aliphatic carbocycles. The summed E-state index contributed by atoms with van der Waals surface area (Å²) >= 11 is -1.38. The molecule has 30 heavy (non-hydrogen) atoms. The van der Waals surface area contributed by atoms with Crippen LogP contribution in [0.1, 0.15) is 11.1 Å². The Kier molecular flexibility index (Phi) is 8.85. The normalized spacial score (nSPS) is 11.8. The van der Waals surface area contributed by atoms with E-state index in [1.807, 2.05) is 0 Å². The Morgan fingerprint density at radius 1 is 0.967 bits per heavy atom. The molecule has 2 rings (SSSR count). The minimum Gasteiger partial charge on any atom is -0.612 e. The summed E-state index contributed by atoms with van der Waals surface area (Å²) in [5.41, 5.74) is 1.29. The fourth-order valence-electron chi connectivity index (χ4n) is 2.60. The lowest BCUT2D eigenvalue weighted by Gasteiger charge is -2.13. The van der Waals surface area contributed by atoms with E-state index >= 15 is 0 Å². The summed E-state index contributed by atoms with van der Waals surface area (Å²) in [6, 6.07) is 8.28. The second kappa shape index (κ2) is 11.3. The van der Waals surface area contributed by atoms with Crippen LogP contribution in [0, 0.1) is 0 Å². The maximum Gasteiger partial charge on any atom is 0.337 e. The molecule has 0 radical (unpaired) electrons. The zero-order valence-corrected chi connectivity index (χ0v) is 18.0. The number of esters is 1. The van der Waals surface area contributed by atoms with Crippen LogP contribution >= 0.6 is 0 Å². The van der Waals surface area contributed by atoms with Gasteiger partial charge in [0.1, 0.15) is 35.0 Å². The van der Waals surface area contributed by atoms with Gasteiger partial charge in [0.15, 0.2) is 11.5 Å². The van der Waals surface area contributed by atoms with E-state index in [1.165, 1.54) is 26.7 Å². The number of methoxy groups -OCH3 is 4. The van der Waals surface area contributed by atoms with Crippen molar-refractivity contribution in [2.24, 2.45) is 0 Å². The summed E-state index contributed by atoms with van der Waals surface area (Å²) in [5, 5.41) is 10.4. The van der Waals surface area contributed by atoms with E-state index < -0.39 is 23.8 Å². The highest BCUT2D eigenvalue weighted by molar-refractivity contribution is 7.93. The van der Waals surface area contributed by atoms with E-state index in [4.69, 9.17) is 28.8 Å². The lowest BCUT2D eigenvalue weighted by atomic mass is 10.1. The van der Waals surface area contributed by atoms with Crippen LogP contribution in [0.3, 0.4) is 0 Å². The van der Waals surface area contributed by atoms with Gasteiger partial charge >= 0.3 is 5.97 Å². The molecule has 0 saturated carbocycles. The number of carbonyl (C=O) groups excluding carboxylic acids is 1. The smallest absolute Gasteiger partial charge is 0.337 e. The molecular formula is C21H24O8S. The van der Waals surface area contributed by atoms with Gasteiger partial charge in [-0.2, -0.15) is 0 Å². The molecule has 0 amide bonds. The van der Waals surface area contributed by atoms with Crippen LogP contribution in [0.5, 0.6) is 28.7 Å². The van der Waals surface area contributed by atoms with E-state index in [2.05, 4.69) is 0 Å². The summed E-state index contributed by atoms with van der Waals surface area (Å²) in [5.74, 6) is 1.44. The van der Waals surface area contributed by atoms with Crippen molar-refractivity contribution in [3.8, 4) is 28.7 Å². The van der Waals surface area contributed by atoms with Crippen molar-refractivity contribution in [1.29, 1.82) is 0 Å². The van der Waals surface area contributed by atoms with Gasteiger partial charge in [0.05, 0.1) is 34.0 Å². The molecule has 2 aromatic rings. The van der Waals surface area contributed by atoms with E-state index in [1.54, 1.807) is 43.5 Å². The Morgan fingerprint density at radius 2 is 1.60 bits per heavy atom. The molecule has 0 heterocycles. The number of rotatable bonds is 10. The molecular weight excluding hydrogens is 412 g/mol. The Hall–Kier alpha value is -2.88. The summed E-state index contributed by atoms with van der Waals surface area (Å²) in [4.78, 5) is 11.4. The molecule has 1 atom stereocenters. The van der Waals surface area contributed by atoms with E-state index in [0.29, 0.717) is 34.1 Å². The van der Waals surface area contributed by atoms with Gasteiger partial charge in [-0.1, -0.05) is 6.07 Å². The number of aliphatic hydroxyl groups is 1. The Labute approximate surface area is 178 Å². The maximum atomic E-state index is 12.6. The molecule has 0 aliphatic rings. The van der Waals surface area contributed by atoms with Crippen molar-refractivity contribution in [2.75, 3.05) is 35.0 Å². The van der Waals surface area contributed by atoms with Gasteiger partial charge in [-0.3, -0.25) is 0 Å². The van der Waals surface area contributed by atoms with Crippen LogP contribution in [0.15, 0.2) is 35.7 Å². The molecule has 162 valence electrons. The molecule has 0 saturated heterocycles. The van der Waals surface area contributed by atoms with Crippen molar-refractivity contribution >= 4 is 23.2 Å². The van der Waals surface area contributed by atoms with Gasteiger partial charge in [0, 0.05) is 23.8 Å². The Bertz CT molecular complexity index is 872. The average molecular weight is 436 g/mol. The highest BCUT2D eigenvalue weighted by Crippen LogP contribution is 2.35. The molecule has 0 aliphatic heterocycles. The quantitative estimate of drug-likeness (QED) is 0.344. The fraction of sp³-hybridized carbons (Fsp3) is 0.286. The third-order valence-corrected chi connectivity index (χ3v) is 5.09. The van der Waals surface area contributed by atoms with Crippen molar-refractivity contribution in [1.82, 2.24) is 0 Å². The predicted molar refractivity (Wildman–Crippen MR) is 113 cm³/mol. The zero-order chi connectivity index (χ0) is 22.1. The number of carbonyl (C=O) groups is 1. The molecule has 0 spiro atoms. The first-order valence-electron chi connectivity index (χ1n) is 8.79. The molecule has 2 aromatic carbocycles. The SMILES string of the molecule is COc1cc(OC)c(/C=C/[S+]([O-])Cc2ccc(OC)c(OC(=O)CO)c2)c(OC)c1. The highest BCUT2D eigenvalue weighted by Gasteiger charge is 2.15. The summed E-state index contributed by atoms with van der Waals surface area (Å²) < 4.78 is 38.7. The third-order valence-electron chi connectivity index (χ3n) is 4.03. The lowest BCUT2D eigenvalue weighted by molar-refractivity contribution is -0.137. The summed E-state index contributed by atoms with van der Waals surface area (Å²) in [6.45, 7) is -0.756. The van der Waals surface area contributed by atoms with E-state index in [0.717, 1.165) is 0 Å². The first-order valence-corrected chi connectivity index (χ1v) is 10.2. The zero-order valence-electron chi connectivity index (χ0n) is 17.2. The largest absolute Gasteiger partial charge is 0.612 e. The topological polar surface area (TPSA) is 107 Å². The number of hydrogen-bond donors (Lipinski definition) is 1. The second-order valence-corrected chi connectivity index (χ2v) is 7.21. The summed E-state index contributed by atoms with van der Waals surface area (Å²) in [6.07, 6.45) is 1.66. The van der Waals surface area contributed by atoms with Crippen LogP contribution in [-0.4, -0.2) is 50.7 Å². The molecule has 9 heteroatoms. The fourth-order valence-corrected chi connectivity index (χ4v) is 3.49. The standard InChI is InChI=1S/C21H24O8S/c1-25-15-10-18(27-3)16(19(11-15)28-4)7-8-30(24)13-14-5-6-17(26-2)20(9-14)29-21(23)12-22/h5-11,22H,12-13H2,1-4H3/b8-7+. The molecule has 1 N–H and O–H groups in total. The number of hydrogen-bond acceptors (Lipinski definition) is 8. The highest BCUT2D eigenvalue weighted by atomic mass is 32.2. The molecule has 0 bridgehead atoms. The van der Waals surface area contributed by atoms with Gasteiger partial charge in [-0.05, 0) is 23.3 Å². The average Bonchev–Trinajstić information content (AvgIpc) is 2.77. The first kappa shape index (κ1) is 23.4. The number of aliphatic hydroxyl groups excluding tert-OH is 1. The monoisotopic (exact) mass is 436 g/mol. The van der Waals surface area contributed by atoms with E-state index in [9.17, 15) is 9.35 Å². The van der Waals surface area contributed by atoms with Crippen molar-refractivity contribution in [3.63, 3.8) is 0 Å². The third kappa shape index (κ3) is 6.06. The minimum absolute atomic E-state index is 0.147. The number of ether oxygens (including phenoxy) is 5. The Morgan fingerprint density at radius 3 is 2.13 bits per heavy atom. The van der Waals surface area contributed by atoms with Crippen LogP contribution in [0.25, 0.3) is 6.08 Å². The molecule has 8 nitrogen and oxygen atoms in total. The second-order valence-electron chi connectivity index (χ2n) is 5.89. The van der Waals surface area contributed by atoms with Crippen LogP contribution in [0.4, 0.5) is 0 Å². The van der Waals surface area contributed by atoms with Gasteiger partial charge < -0.3 is 33.3 Å². The molecule has 0 aromatic heterocycles.